The molecule has 1 heterocycles. The van der Waals surface area contributed by atoms with Crippen molar-refractivity contribution in [2.24, 2.45) is 5.10 Å². The second kappa shape index (κ2) is 13.7. The highest BCUT2D eigenvalue weighted by molar-refractivity contribution is 7.89. The van der Waals surface area contributed by atoms with Crippen LogP contribution in [0.3, 0.4) is 0 Å². The lowest BCUT2D eigenvalue weighted by Crippen LogP contribution is -2.36. The Bertz CT molecular complexity index is 1680. The third kappa shape index (κ3) is 7.53. The molecule has 0 aromatic heterocycles. The Morgan fingerprint density at radius 3 is 2.07 bits per heavy atom. The minimum Gasteiger partial charge on any atom is -0.378 e. The molecule has 4 aromatic carbocycles. The number of benzene rings is 4. The van der Waals surface area contributed by atoms with Gasteiger partial charge in [-0.05, 0) is 54.4 Å². The summed E-state index contributed by atoms with van der Waals surface area (Å²) in [5.74, 6) is -0.791. The molecule has 0 atom stereocenters. The third-order valence-corrected chi connectivity index (χ3v) is 9.01. The topological polar surface area (TPSA) is 91.3 Å². The lowest BCUT2D eigenvalue weighted by molar-refractivity contribution is 0.0954. The Hall–Kier alpha value is -4.38. The van der Waals surface area contributed by atoms with Crippen LogP contribution in [0.4, 0.5) is 10.1 Å². The lowest BCUT2D eigenvalue weighted by Gasteiger charge is -2.29. The molecule has 1 saturated heterocycles. The molecule has 0 radical (unpaired) electrons. The highest BCUT2D eigenvalue weighted by Crippen LogP contribution is 2.23. The number of sulfonamides is 1. The molecule has 0 unspecified atom stereocenters. The Morgan fingerprint density at radius 1 is 0.860 bits per heavy atom. The van der Waals surface area contributed by atoms with Crippen LogP contribution in [0.2, 0.25) is 0 Å². The standard InChI is InChI=1S/C33H33FN4O4S/c1-25(29-16-17-32(31(34)22-29)37-18-20-42-21-19-37)35-36-33(39)28-14-12-27(13-15-28)24-38(23-26-8-4-2-5-9-26)43(40,41)30-10-6-3-7-11-30/h2-17,22H,18-21,23-24H2,1H3,(H,36,39)/b35-25+. The van der Waals surface area contributed by atoms with Crippen molar-refractivity contribution in [3.8, 4) is 0 Å². The zero-order valence-corrected chi connectivity index (χ0v) is 24.6. The second-order valence-corrected chi connectivity index (χ2v) is 12.1. The summed E-state index contributed by atoms with van der Waals surface area (Å²) in [6.45, 7) is 4.40. The maximum atomic E-state index is 14.8. The molecule has 0 bridgehead atoms. The highest BCUT2D eigenvalue weighted by atomic mass is 32.2. The number of nitrogens with one attached hydrogen (secondary N) is 1. The predicted octanol–water partition coefficient (Wildman–Crippen LogP) is 5.21. The molecule has 0 saturated carbocycles. The van der Waals surface area contributed by atoms with E-state index in [0.29, 0.717) is 48.8 Å². The van der Waals surface area contributed by atoms with Gasteiger partial charge < -0.3 is 9.64 Å². The minimum absolute atomic E-state index is 0.122. The van der Waals surface area contributed by atoms with Gasteiger partial charge in [0.25, 0.3) is 5.91 Å². The van der Waals surface area contributed by atoms with Crippen molar-refractivity contribution in [3.05, 3.63) is 131 Å². The molecule has 1 aliphatic heterocycles. The molecule has 5 rings (SSSR count). The maximum Gasteiger partial charge on any atom is 0.271 e. The monoisotopic (exact) mass is 600 g/mol. The van der Waals surface area contributed by atoms with Gasteiger partial charge in [0.1, 0.15) is 5.82 Å². The van der Waals surface area contributed by atoms with E-state index in [0.717, 1.165) is 11.1 Å². The smallest absolute Gasteiger partial charge is 0.271 e. The Labute approximate surface area is 251 Å². The van der Waals surface area contributed by atoms with E-state index < -0.39 is 15.9 Å². The van der Waals surface area contributed by atoms with Crippen molar-refractivity contribution in [2.75, 3.05) is 31.2 Å². The van der Waals surface area contributed by atoms with Crippen molar-refractivity contribution in [3.63, 3.8) is 0 Å². The molecule has 4 aromatic rings. The van der Waals surface area contributed by atoms with E-state index in [1.807, 2.05) is 35.2 Å². The summed E-state index contributed by atoms with van der Waals surface area (Å²) in [5, 5.41) is 4.17. The molecule has 1 N–H and O–H groups in total. The van der Waals surface area contributed by atoms with E-state index in [1.165, 1.54) is 10.4 Å². The van der Waals surface area contributed by atoms with Crippen molar-refractivity contribution < 1.29 is 22.3 Å². The molecule has 43 heavy (non-hydrogen) atoms. The first kappa shape index (κ1) is 30.1. The van der Waals surface area contributed by atoms with Crippen molar-refractivity contribution in [2.45, 2.75) is 24.9 Å². The molecule has 1 amide bonds. The van der Waals surface area contributed by atoms with Gasteiger partial charge in [0, 0.05) is 37.3 Å². The number of halogens is 1. The van der Waals surface area contributed by atoms with Crippen LogP contribution in [0.15, 0.2) is 113 Å². The number of hydrogen-bond acceptors (Lipinski definition) is 6. The van der Waals surface area contributed by atoms with Crippen LogP contribution >= 0.6 is 0 Å². The van der Waals surface area contributed by atoms with Gasteiger partial charge in [0.15, 0.2) is 0 Å². The van der Waals surface area contributed by atoms with Gasteiger partial charge in [-0.3, -0.25) is 4.79 Å². The number of carbonyl (C=O) groups excluding carboxylic acids is 1. The van der Waals surface area contributed by atoms with E-state index in [2.05, 4.69) is 10.5 Å². The predicted molar refractivity (Wildman–Crippen MR) is 165 cm³/mol. The summed E-state index contributed by atoms with van der Waals surface area (Å²) in [6.07, 6.45) is 0. The van der Waals surface area contributed by atoms with Crippen LogP contribution in [-0.4, -0.2) is 50.6 Å². The molecule has 0 aliphatic carbocycles. The minimum atomic E-state index is -3.78. The highest BCUT2D eigenvalue weighted by Gasteiger charge is 2.25. The van der Waals surface area contributed by atoms with E-state index >= 15 is 0 Å². The fourth-order valence-corrected chi connectivity index (χ4v) is 6.21. The summed E-state index contributed by atoms with van der Waals surface area (Å²) in [5.41, 5.74) is 6.00. The number of hydrazone groups is 1. The van der Waals surface area contributed by atoms with E-state index in [-0.39, 0.29) is 23.8 Å². The zero-order chi connectivity index (χ0) is 30.2. The quantitative estimate of drug-likeness (QED) is 0.200. The van der Waals surface area contributed by atoms with E-state index in [4.69, 9.17) is 4.74 Å². The van der Waals surface area contributed by atoms with Gasteiger partial charge in [-0.1, -0.05) is 66.7 Å². The number of amides is 1. The average molecular weight is 601 g/mol. The van der Waals surface area contributed by atoms with Crippen molar-refractivity contribution in [1.82, 2.24) is 9.73 Å². The van der Waals surface area contributed by atoms with E-state index in [9.17, 15) is 17.6 Å². The fourth-order valence-electron chi connectivity index (χ4n) is 4.78. The zero-order valence-electron chi connectivity index (χ0n) is 23.8. The number of carbonyl (C=O) groups is 1. The number of ether oxygens (including phenoxy) is 1. The van der Waals surface area contributed by atoms with Gasteiger partial charge in [-0.15, -0.1) is 0 Å². The first-order valence-electron chi connectivity index (χ1n) is 14.0. The van der Waals surface area contributed by atoms with Gasteiger partial charge in [0.05, 0.1) is 29.5 Å². The molecule has 0 spiro atoms. The maximum absolute atomic E-state index is 14.8. The Kier molecular flexibility index (Phi) is 9.61. The molecular weight excluding hydrogens is 567 g/mol. The first-order chi connectivity index (χ1) is 20.8. The number of rotatable bonds is 10. The molecule has 222 valence electrons. The normalized spacial score (nSPS) is 14.1. The van der Waals surface area contributed by atoms with Gasteiger partial charge in [0.2, 0.25) is 10.0 Å². The molecular formula is C33H33FN4O4S. The Morgan fingerprint density at radius 2 is 1.44 bits per heavy atom. The van der Waals surface area contributed by atoms with Gasteiger partial charge in [-0.25, -0.2) is 18.2 Å². The average Bonchev–Trinajstić information content (AvgIpc) is 3.04. The summed E-state index contributed by atoms with van der Waals surface area (Å²) >= 11 is 0. The second-order valence-electron chi connectivity index (χ2n) is 10.2. The summed E-state index contributed by atoms with van der Waals surface area (Å²) in [7, 11) is -3.78. The van der Waals surface area contributed by atoms with Crippen LogP contribution in [0.25, 0.3) is 0 Å². The van der Waals surface area contributed by atoms with E-state index in [1.54, 1.807) is 73.7 Å². The molecule has 1 aliphatic rings. The fraction of sp³-hybridized carbons (Fsp3) is 0.212. The number of anilines is 1. The molecule has 1 fully saturated rings. The van der Waals surface area contributed by atoms with Crippen LogP contribution in [0.1, 0.15) is 34.0 Å². The van der Waals surface area contributed by atoms with Crippen LogP contribution in [0, 0.1) is 5.82 Å². The Balaban J connectivity index is 1.26. The number of morpholine rings is 1. The first-order valence-corrected chi connectivity index (χ1v) is 15.4. The summed E-state index contributed by atoms with van der Waals surface area (Å²) in [4.78, 5) is 15.0. The summed E-state index contributed by atoms with van der Waals surface area (Å²) < 4.78 is 48.6. The van der Waals surface area contributed by atoms with Gasteiger partial charge in [-0.2, -0.15) is 9.41 Å². The third-order valence-electron chi connectivity index (χ3n) is 7.20. The molecule has 10 heteroatoms. The molecule has 8 nitrogen and oxygen atoms in total. The number of nitrogens with zero attached hydrogens (tertiary/aromatic N) is 3. The SMILES string of the molecule is C/C(=N\NC(=O)c1ccc(CN(Cc2ccccc2)S(=O)(=O)c2ccccc2)cc1)c1ccc(N2CCOCC2)c(F)c1. The van der Waals surface area contributed by atoms with Crippen molar-refractivity contribution in [1.29, 1.82) is 0 Å². The van der Waals surface area contributed by atoms with Crippen LogP contribution in [-0.2, 0) is 27.8 Å². The number of hydrogen-bond donors (Lipinski definition) is 1. The van der Waals surface area contributed by atoms with Crippen molar-refractivity contribution >= 4 is 27.3 Å². The lowest BCUT2D eigenvalue weighted by atomic mass is 10.1. The van der Waals surface area contributed by atoms with Crippen LogP contribution < -0.4 is 10.3 Å². The summed E-state index contributed by atoms with van der Waals surface area (Å²) in [6, 6.07) is 29.3. The largest absolute Gasteiger partial charge is 0.378 e. The van der Waals surface area contributed by atoms with Crippen LogP contribution in [0.5, 0.6) is 0 Å². The van der Waals surface area contributed by atoms with Gasteiger partial charge >= 0.3 is 0 Å².